The maximum Gasteiger partial charge on any atom is 0.306 e. The predicted molar refractivity (Wildman–Crippen MR) is 223 cm³/mol. The summed E-state index contributed by atoms with van der Waals surface area (Å²) in [7, 11) is 1.32. The first-order valence-corrected chi connectivity index (χ1v) is 24.0. The van der Waals surface area contributed by atoms with Crippen molar-refractivity contribution in [2.75, 3.05) is 54.1 Å². The van der Waals surface area contributed by atoms with Gasteiger partial charge >= 0.3 is 5.97 Å². The van der Waals surface area contributed by atoms with Crippen LogP contribution >= 0.6 is 7.82 Å². The van der Waals surface area contributed by atoms with Crippen LogP contribution in [0.3, 0.4) is 0 Å². The van der Waals surface area contributed by atoms with Crippen molar-refractivity contribution in [2.24, 2.45) is 0 Å². The van der Waals surface area contributed by atoms with Crippen molar-refractivity contribution < 1.29 is 42.4 Å². The number of hydrogen-bond donors (Lipinski definition) is 1. The quantitative estimate of drug-likeness (QED) is 0.0214. The van der Waals surface area contributed by atoms with Crippen molar-refractivity contribution >= 4 is 13.8 Å². The number of nitrogens with zero attached hydrogens (tertiary/aromatic N) is 1. The van der Waals surface area contributed by atoms with Gasteiger partial charge in [-0.25, -0.2) is 0 Å². The van der Waals surface area contributed by atoms with E-state index in [0.717, 1.165) is 64.2 Å². The first kappa shape index (κ1) is 53.2. The zero-order valence-corrected chi connectivity index (χ0v) is 36.9. The normalized spacial score (nSPS) is 14.4. The van der Waals surface area contributed by atoms with Gasteiger partial charge in [0.15, 0.2) is 0 Å². The summed E-state index contributed by atoms with van der Waals surface area (Å²) in [6, 6.07) is 0. The molecule has 1 N–H and O–H groups in total. The Labute approximate surface area is 333 Å². The van der Waals surface area contributed by atoms with Gasteiger partial charge in [-0.1, -0.05) is 167 Å². The summed E-state index contributed by atoms with van der Waals surface area (Å²) in [6.07, 6.45) is 36.6. The summed E-state index contributed by atoms with van der Waals surface area (Å²) in [5, 5.41) is 10.2. The van der Waals surface area contributed by atoms with Crippen LogP contribution in [0.1, 0.15) is 200 Å². The fourth-order valence-corrected chi connectivity index (χ4v) is 7.05. The Kier molecular flexibility index (Phi) is 37.2. The number of unbranched alkanes of at least 4 members (excludes halogenated alkanes) is 23. The molecule has 0 spiro atoms. The lowest BCUT2D eigenvalue weighted by Gasteiger charge is -2.28. The summed E-state index contributed by atoms with van der Waals surface area (Å²) in [4.78, 5) is 25.0. The maximum absolute atomic E-state index is 12.7. The summed E-state index contributed by atoms with van der Waals surface area (Å²) >= 11 is 0. The third-order valence-corrected chi connectivity index (χ3v) is 10.9. The van der Waals surface area contributed by atoms with Crippen molar-refractivity contribution in [1.82, 2.24) is 0 Å². The Morgan fingerprint density at radius 2 is 1.15 bits per heavy atom. The van der Waals surface area contributed by atoms with Crippen LogP contribution in [0.4, 0.5) is 0 Å². The Hall–Kier alpha value is -0.800. The van der Waals surface area contributed by atoms with E-state index in [0.29, 0.717) is 24.1 Å². The molecular weight excluding hydrogens is 701 g/mol. The molecule has 10 heteroatoms. The highest BCUT2D eigenvalue weighted by Crippen LogP contribution is 2.38. The fourth-order valence-electron chi connectivity index (χ4n) is 6.32. The molecule has 0 aromatic carbocycles. The molecule has 0 amide bonds. The number of phosphoric acid groups is 1. The molecule has 0 bridgehead atoms. The number of rotatable bonds is 42. The number of allylic oxidation sites excluding steroid dienone is 1. The maximum atomic E-state index is 12.7. The molecule has 0 aliphatic carbocycles. The lowest BCUT2D eigenvalue weighted by atomic mass is 10.0. The Morgan fingerprint density at radius 1 is 0.648 bits per heavy atom. The minimum Gasteiger partial charge on any atom is -0.756 e. The van der Waals surface area contributed by atoms with Crippen LogP contribution in [0, 0.1) is 0 Å². The first-order chi connectivity index (χ1) is 26.0. The van der Waals surface area contributed by atoms with Gasteiger partial charge in [-0.15, -0.1) is 0 Å². The number of quaternary nitrogens is 1. The van der Waals surface area contributed by atoms with E-state index in [1.807, 2.05) is 21.1 Å². The van der Waals surface area contributed by atoms with E-state index in [4.69, 9.17) is 18.5 Å². The molecule has 0 aromatic rings. The standard InChI is InChI=1S/C44H88NO8P/c1-6-8-10-12-14-15-16-17-18-19-20-21-22-25-29-33-38-50-40-43(41-52-54(48,49)51-39-37-45(3,4)5)53-44(47)36-32-28-24-23-27-31-35-42(46)34-30-26-13-11-9-7-2/h26,30,42-43,46H,6-25,27-29,31-41H2,1-5H3/b30-26+. The average Bonchev–Trinajstić information content (AvgIpc) is 3.11. The Morgan fingerprint density at radius 3 is 1.70 bits per heavy atom. The second-order valence-electron chi connectivity index (χ2n) is 16.6. The van der Waals surface area contributed by atoms with Crippen LogP contribution in [-0.2, 0) is 27.9 Å². The second-order valence-corrected chi connectivity index (χ2v) is 18.0. The van der Waals surface area contributed by atoms with E-state index >= 15 is 0 Å². The minimum atomic E-state index is -4.54. The monoisotopic (exact) mass is 790 g/mol. The number of carbonyl (C=O) groups excluding carboxylic acids is 1. The molecule has 322 valence electrons. The van der Waals surface area contributed by atoms with E-state index in [9.17, 15) is 19.4 Å². The SMILES string of the molecule is CCCCC/C=C/CC(O)CCCCCCCCC(=O)OC(COCCCCCCCCCCCCCCCCCC)COP(=O)([O-])OCC[N+](C)(C)C. The molecule has 0 aliphatic rings. The van der Waals surface area contributed by atoms with Gasteiger partial charge in [0.05, 0.1) is 40.5 Å². The molecule has 0 rings (SSSR count). The molecule has 0 aromatic heterocycles. The van der Waals surface area contributed by atoms with Gasteiger partial charge in [0.25, 0.3) is 7.82 Å². The van der Waals surface area contributed by atoms with E-state index in [-0.39, 0.29) is 38.3 Å². The van der Waals surface area contributed by atoms with Gasteiger partial charge in [-0.3, -0.25) is 9.36 Å². The lowest BCUT2D eigenvalue weighted by Crippen LogP contribution is -2.37. The van der Waals surface area contributed by atoms with Crippen LogP contribution in [0.5, 0.6) is 0 Å². The summed E-state index contributed by atoms with van der Waals surface area (Å²) < 4.78 is 34.6. The number of phosphoric ester groups is 1. The van der Waals surface area contributed by atoms with Gasteiger partial charge in [-0.2, -0.15) is 0 Å². The molecule has 0 radical (unpaired) electrons. The summed E-state index contributed by atoms with van der Waals surface area (Å²) in [6.45, 7) is 5.30. The van der Waals surface area contributed by atoms with E-state index in [1.54, 1.807) is 0 Å². The van der Waals surface area contributed by atoms with Gasteiger partial charge in [0.2, 0.25) is 0 Å². The first-order valence-electron chi connectivity index (χ1n) is 22.5. The third-order valence-electron chi connectivity index (χ3n) is 9.89. The zero-order chi connectivity index (χ0) is 40.0. The van der Waals surface area contributed by atoms with E-state index in [1.165, 1.54) is 109 Å². The number of ether oxygens (including phenoxy) is 2. The van der Waals surface area contributed by atoms with Gasteiger partial charge in [0.1, 0.15) is 19.3 Å². The fraction of sp³-hybridized carbons (Fsp3) is 0.932. The topological polar surface area (TPSA) is 114 Å². The third kappa shape index (κ3) is 40.9. The minimum absolute atomic E-state index is 0.0155. The summed E-state index contributed by atoms with van der Waals surface area (Å²) in [5.41, 5.74) is 0. The van der Waals surface area contributed by atoms with Crippen molar-refractivity contribution in [2.45, 2.75) is 212 Å². The molecule has 0 heterocycles. The number of likely N-dealkylation sites (N-methyl/N-ethyl adjacent to an activating group) is 1. The Balaban J connectivity index is 4.25. The zero-order valence-electron chi connectivity index (χ0n) is 36.1. The van der Waals surface area contributed by atoms with Gasteiger partial charge in [-0.05, 0) is 38.5 Å². The number of aliphatic hydroxyl groups is 1. The van der Waals surface area contributed by atoms with Crippen LogP contribution < -0.4 is 4.89 Å². The van der Waals surface area contributed by atoms with Crippen molar-refractivity contribution in [3.05, 3.63) is 12.2 Å². The number of hydrogen-bond acceptors (Lipinski definition) is 8. The number of esters is 1. The lowest BCUT2D eigenvalue weighted by molar-refractivity contribution is -0.870. The molecule has 3 unspecified atom stereocenters. The molecule has 0 saturated heterocycles. The van der Waals surface area contributed by atoms with Crippen LogP contribution in [0.15, 0.2) is 12.2 Å². The molecule has 0 aliphatic heterocycles. The van der Waals surface area contributed by atoms with Gasteiger partial charge in [0, 0.05) is 13.0 Å². The van der Waals surface area contributed by atoms with E-state index in [2.05, 4.69) is 26.0 Å². The van der Waals surface area contributed by atoms with Crippen molar-refractivity contribution in [3.8, 4) is 0 Å². The largest absolute Gasteiger partial charge is 0.756 e. The van der Waals surface area contributed by atoms with Crippen LogP contribution in [0.25, 0.3) is 0 Å². The highest BCUT2D eigenvalue weighted by atomic mass is 31.2. The van der Waals surface area contributed by atoms with Crippen LogP contribution in [-0.4, -0.2) is 81.9 Å². The Bertz CT molecular complexity index is 896. The second kappa shape index (κ2) is 37.8. The highest BCUT2D eigenvalue weighted by Gasteiger charge is 2.20. The van der Waals surface area contributed by atoms with E-state index < -0.39 is 13.9 Å². The molecule has 54 heavy (non-hydrogen) atoms. The number of carbonyl (C=O) groups is 1. The molecule has 9 nitrogen and oxygen atoms in total. The highest BCUT2D eigenvalue weighted by molar-refractivity contribution is 7.45. The van der Waals surface area contributed by atoms with Crippen LogP contribution in [0.2, 0.25) is 0 Å². The predicted octanol–water partition coefficient (Wildman–Crippen LogP) is 11.4. The average molecular weight is 790 g/mol. The number of aliphatic hydroxyl groups excluding tert-OH is 1. The van der Waals surface area contributed by atoms with Gasteiger partial charge < -0.3 is 33.0 Å². The summed E-state index contributed by atoms with van der Waals surface area (Å²) in [5.74, 6) is -0.368. The molecule has 0 saturated carbocycles. The molecule has 3 atom stereocenters. The van der Waals surface area contributed by atoms with Crippen molar-refractivity contribution in [3.63, 3.8) is 0 Å². The molecular formula is C44H88NO8P. The van der Waals surface area contributed by atoms with Crippen molar-refractivity contribution in [1.29, 1.82) is 0 Å². The smallest absolute Gasteiger partial charge is 0.306 e. The molecule has 0 fully saturated rings.